The van der Waals surface area contributed by atoms with E-state index in [9.17, 15) is 8.42 Å². The average molecular weight is 302 g/mol. The van der Waals surface area contributed by atoms with Gasteiger partial charge in [0, 0.05) is 29.7 Å². The predicted molar refractivity (Wildman–Crippen MR) is 69.8 cm³/mol. The summed E-state index contributed by atoms with van der Waals surface area (Å²) in [6.07, 6.45) is 0.403. The molecule has 19 heavy (non-hydrogen) atoms. The summed E-state index contributed by atoms with van der Waals surface area (Å²) in [5.41, 5.74) is 0.888. The molecule has 1 heterocycles. The Morgan fingerprint density at radius 3 is 2.58 bits per heavy atom. The number of halogens is 1. The van der Waals surface area contributed by atoms with Crippen LogP contribution in [0.2, 0.25) is 0 Å². The second-order valence-corrected chi connectivity index (χ2v) is 6.34. The fraction of sp³-hybridized carbons (Fsp3) is 0.273. The molecule has 0 radical (unpaired) electrons. The Balaban J connectivity index is 2.38. The Hall–Kier alpha value is -1.60. The van der Waals surface area contributed by atoms with Gasteiger partial charge in [0.15, 0.2) is 0 Å². The lowest BCUT2D eigenvalue weighted by atomic mass is 10.1. The number of methoxy groups -OCH3 is 1. The van der Waals surface area contributed by atoms with Gasteiger partial charge in [0.2, 0.25) is 0 Å². The van der Waals surface area contributed by atoms with Gasteiger partial charge in [0.25, 0.3) is 14.2 Å². The Bertz CT molecular complexity index is 697. The SMILES string of the molecule is COc1ccccc1Cc1nnc(S(=O)(=O)Cl)n1C. The highest BCUT2D eigenvalue weighted by atomic mass is 35.7. The van der Waals surface area contributed by atoms with Crippen molar-refractivity contribution in [2.45, 2.75) is 11.6 Å². The van der Waals surface area contributed by atoms with Crippen LogP contribution in [-0.4, -0.2) is 30.3 Å². The number of rotatable bonds is 4. The Morgan fingerprint density at radius 2 is 2.00 bits per heavy atom. The molecule has 8 heteroatoms. The third-order valence-electron chi connectivity index (χ3n) is 2.68. The third-order valence-corrected chi connectivity index (χ3v) is 3.89. The first kappa shape index (κ1) is 13.8. The fourth-order valence-corrected chi connectivity index (χ4v) is 2.70. The molecule has 0 aliphatic carbocycles. The zero-order valence-corrected chi connectivity index (χ0v) is 11.9. The molecule has 0 unspecified atom stereocenters. The Morgan fingerprint density at radius 1 is 1.32 bits per heavy atom. The van der Waals surface area contributed by atoms with Crippen molar-refractivity contribution in [1.29, 1.82) is 0 Å². The molecule has 0 saturated carbocycles. The number of hydrogen-bond donors (Lipinski definition) is 0. The molecular weight excluding hydrogens is 290 g/mol. The van der Waals surface area contributed by atoms with Gasteiger partial charge in [-0.1, -0.05) is 18.2 Å². The van der Waals surface area contributed by atoms with Crippen LogP contribution in [0.4, 0.5) is 0 Å². The van der Waals surface area contributed by atoms with Crippen molar-refractivity contribution in [2.75, 3.05) is 7.11 Å². The normalized spacial score (nSPS) is 11.5. The molecule has 102 valence electrons. The molecule has 2 rings (SSSR count). The first-order valence-electron chi connectivity index (χ1n) is 5.38. The predicted octanol–water partition coefficient (Wildman–Crippen LogP) is 1.34. The smallest absolute Gasteiger partial charge is 0.296 e. The first-order chi connectivity index (χ1) is 8.93. The summed E-state index contributed by atoms with van der Waals surface area (Å²) in [7, 11) is 4.50. The van der Waals surface area contributed by atoms with Crippen LogP contribution < -0.4 is 4.74 Å². The van der Waals surface area contributed by atoms with E-state index in [4.69, 9.17) is 15.4 Å². The van der Waals surface area contributed by atoms with Gasteiger partial charge in [-0.25, -0.2) is 8.42 Å². The van der Waals surface area contributed by atoms with E-state index in [0.717, 1.165) is 5.56 Å². The van der Waals surface area contributed by atoms with E-state index >= 15 is 0 Å². The van der Waals surface area contributed by atoms with E-state index < -0.39 is 9.05 Å². The van der Waals surface area contributed by atoms with E-state index in [1.54, 1.807) is 14.2 Å². The zero-order chi connectivity index (χ0) is 14.0. The summed E-state index contributed by atoms with van der Waals surface area (Å²) in [5.74, 6) is 1.20. The molecule has 0 aliphatic rings. The molecular formula is C11H12ClN3O3S. The van der Waals surface area contributed by atoms with Gasteiger partial charge in [0.1, 0.15) is 11.6 Å². The van der Waals surface area contributed by atoms with Gasteiger partial charge in [-0.05, 0) is 6.07 Å². The van der Waals surface area contributed by atoms with Crippen molar-refractivity contribution in [2.24, 2.45) is 7.05 Å². The van der Waals surface area contributed by atoms with E-state index in [-0.39, 0.29) is 5.16 Å². The molecule has 0 N–H and O–H groups in total. The van der Waals surface area contributed by atoms with Crippen LogP contribution >= 0.6 is 10.7 Å². The summed E-state index contributed by atoms with van der Waals surface area (Å²) >= 11 is 0. The highest BCUT2D eigenvalue weighted by Crippen LogP contribution is 2.21. The van der Waals surface area contributed by atoms with Crippen LogP contribution in [0.5, 0.6) is 5.75 Å². The lowest BCUT2D eigenvalue weighted by Gasteiger charge is -2.07. The molecule has 1 aromatic carbocycles. The van der Waals surface area contributed by atoms with Crippen LogP contribution in [0.15, 0.2) is 29.4 Å². The Kier molecular flexibility index (Phi) is 3.77. The van der Waals surface area contributed by atoms with E-state index in [1.807, 2.05) is 24.3 Å². The summed E-state index contributed by atoms with van der Waals surface area (Å²) < 4.78 is 29.1. The third kappa shape index (κ3) is 2.87. The molecule has 1 aromatic heterocycles. The van der Waals surface area contributed by atoms with Gasteiger partial charge >= 0.3 is 0 Å². The van der Waals surface area contributed by atoms with Crippen LogP contribution in [0.1, 0.15) is 11.4 Å². The Labute approximate surface area is 115 Å². The molecule has 0 saturated heterocycles. The standard InChI is InChI=1S/C11H12ClN3O3S/c1-15-10(13-14-11(15)19(12,16)17)7-8-5-3-4-6-9(8)18-2/h3-6H,7H2,1-2H3. The van der Waals surface area contributed by atoms with Gasteiger partial charge in [-0.2, -0.15) is 0 Å². The maximum absolute atomic E-state index is 11.3. The molecule has 0 spiro atoms. The lowest BCUT2D eigenvalue weighted by Crippen LogP contribution is -2.06. The minimum Gasteiger partial charge on any atom is -0.496 e. The van der Waals surface area contributed by atoms with Gasteiger partial charge in [-0.15, -0.1) is 10.2 Å². The lowest BCUT2D eigenvalue weighted by molar-refractivity contribution is 0.410. The topological polar surface area (TPSA) is 74.1 Å². The number of aromatic nitrogens is 3. The van der Waals surface area contributed by atoms with Crippen LogP contribution in [-0.2, 0) is 22.5 Å². The molecule has 6 nitrogen and oxygen atoms in total. The van der Waals surface area contributed by atoms with E-state index in [2.05, 4.69) is 10.2 Å². The van der Waals surface area contributed by atoms with Crippen LogP contribution in [0.25, 0.3) is 0 Å². The monoisotopic (exact) mass is 301 g/mol. The summed E-state index contributed by atoms with van der Waals surface area (Å²) in [6, 6.07) is 7.42. The fourth-order valence-electron chi connectivity index (χ4n) is 1.73. The molecule has 0 atom stereocenters. The minimum absolute atomic E-state index is 0.265. The molecule has 0 fully saturated rings. The van der Waals surface area contributed by atoms with Crippen molar-refractivity contribution in [3.8, 4) is 5.75 Å². The number of para-hydroxylation sites is 1. The van der Waals surface area contributed by atoms with Gasteiger partial charge in [0.05, 0.1) is 7.11 Å². The number of nitrogens with zero attached hydrogens (tertiary/aromatic N) is 3. The molecule has 0 aliphatic heterocycles. The average Bonchev–Trinajstić information content (AvgIpc) is 2.71. The minimum atomic E-state index is -3.89. The van der Waals surface area contributed by atoms with Crippen molar-refractivity contribution in [3.05, 3.63) is 35.7 Å². The molecule has 0 bridgehead atoms. The second-order valence-electron chi connectivity index (χ2n) is 3.88. The summed E-state index contributed by atoms with van der Waals surface area (Å²) in [6.45, 7) is 0. The van der Waals surface area contributed by atoms with Crippen molar-refractivity contribution in [3.63, 3.8) is 0 Å². The first-order valence-corrected chi connectivity index (χ1v) is 7.69. The van der Waals surface area contributed by atoms with Crippen LogP contribution in [0.3, 0.4) is 0 Å². The van der Waals surface area contributed by atoms with Gasteiger partial charge < -0.3 is 9.30 Å². The van der Waals surface area contributed by atoms with Crippen molar-refractivity contribution >= 4 is 19.7 Å². The molecule has 0 amide bonds. The number of benzene rings is 1. The maximum atomic E-state index is 11.3. The van der Waals surface area contributed by atoms with Crippen molar-refractivity contribution in [1.82, 2.24) is 14.8 Å². The van der Waals surface area contributed by atoms with Gasteiger partial charge in [-0.3, -0.25) is 0 Å². The molecule has 2 aromatic rings. The number of ether oxygens (including phenoxy) is 1. The van der Waals surface area contributed by atoms with Crippen molar-refractivity contribution < 1.29 is 13.2 Å². The maximum Gasteiger partial charge on any atom is 0.296 e. The summed E-state index contributed by atoms with van der Waals surface area (Å²) in [5, 5.41) is 7.17. The van der Waals surface area contributed by atoms with E-state index in [1.165, 1.54) is 4.57 Å². The van der Waals surface area contributed by atoms with E-state index in [0.29, 0.717) is 18.0 Å². The second kappa shape index (κ2) is 5.18. The highest BCUT2D eigenvalue weighted by molar-refractivity contribution is 8.13. The number of hydrogen-bond acceptors (Lipinski definition) is 5. The largest absolute Gasteiger partial charge is 0.496 e. The zero-order valence-electron chi connectivity index (χ0n) is 10.4. The summed E-state index contributed by atoms with van der Waals surface area (Å²) in [4.78, 5) is 0. The van der Waals surface area contributed by atoms with Crippen LogP contribution in [0, 0.1) is 0 Å². The highest BCUT2D eigenvalue weighted by Gasteiger charge is 2.20. The quantitative estimate of drug-likeness (QED) is 0.797.